The van der Waals surface area contributed by atoms with Crippen LogP contribution in [-0.4, -0.2) is 71.2 Å². The van der Waals surface area contributed by atoms with Gasteiger partial charge in [-0.3, -0.25) is 14.4 Å². The Morgan fingerprint density at radius 3 is 1.86 bits per heavy atom. The summed E-state index contributed by atoms with van der Waals surface area (Å²) in [6, 6.07) is 35.0. The molecule has 4 aromatic carbocycles. The van der Waals surface area contributed by atoms with Gasteiger partial charge in [-0.1, -0.05) is 78.9 Å². The molecule has 0 spiro atoms. The fourth-order valence-electron chi connectivity index (χ4n) is 7.47. The smallest absolute Gasteiger partial charge is 0.267 e. The number of ether oxygens (including phenoxy) is 3. The number of amides is 3. The third kappa shape index (κ3) is 9.56. The molecule has 1 aliphatic heterocycles. The Morgan fingerprint density at radius 1 is 0.845 bits per heavy atom. The molecule has 0 saturated carbocycles. The maximum absolute atomic E-state index is 14.6. The molecule has 0 fully saturated rings. The van der Waals surface area contributed by atoms with Crippen LogP contribution in [0.4, 0.5) is 0 Å². The Bertz CT molecular complexity index is 2040. The lowest BCUT2D eigenvalue weighted by Gasteiger charge is -2.43. The first-order valence-corrected chi connectivity index (χ1v) is 20.4. The number of benzene rings is 4. The van der Waals surface area contributed by atoms with E-state index in [-0.39, 0.29) is 36.8 Å². The van der Waals surface area contributed by atoms with Gasteiger partial charge in [0.1, 0.15) is 17.1 Å². The molecule has 1 heterocycles. The minimum atomic E-state index is -2.26. The van der Waals surface area contributed by atoms with Crippen LogP contribution in [0, 0.1) is 23.2 Å². The minimum absolute atomic E-state index is 0.128. The molecule has 0 radical (unpaired) electrons. The van der Waals surface area contributed by atoms with E-state index in [1.165, 1.54) is 0 Å². The van der Waals surface area contributed by atoms with Gasteiger partial charge < -0.3 is 23.6 Å². The molecule has 0 aromatic heterocycles. The number of nitrogens with zero attached hydrogens (tertiary/aromatic N) is 3. The predicted octanol–water partition coefficient (Wildman–Crippen LogP) is 8.43. The van der Waals surface area contributed by atoms with Crippen LogP contribution < -0.4 is 9.47 Å². The lowest BCUT2D eigenvalue weighted by Crippen LogP contribution is -2.51. The van der Waals surface area contributed by atoms with Gasteiger partial charge in [0, 0.05) is 35.1 Å². The molecule has 3 atom stereocenters. The molecule has 0 aliphatic carbocycles. The highest BCUT2D eigenvalue weighted by molar-refractivity contribution is 7.43. The summed E-state index contributed by atoms with van der Waals surface area (Å²) >= 11 is 0. The number of carbonyl (C=O) groups is 3. The van der Waals surface area contributed by atoms with E-state index in [9.17, 15) is 24.5 Å². The molecular formula is C46H52N3O8P. The Hall–Kier alpha value is -5.21. The maximum atomic E-state index is 14.6. The monoisotopic (exact) mass is 805 g/mol. The second-order valence-electron chi connectivity index (χ2n) is 15.1. The van der Waals surface area contributed by atoms with Crippen LogP contribution in [0.5, 0.6) is 11.5 Å². The van der Waals surface area contributed by atoms with Crippen LogP contribution in [0.15, 0.2) is 121 Å². The average Bonchev–Trinajstić information content (AvgIpc) is 3.23. The molecule has 0 bridgehead atoms. The molecule has 58 heavy (non-hydrogen) atoms. The number of carbonyl (C=O) groups excluding carboxylic acids is 3. The zero-order chi connectivity index (χ0) is 42.0. The van der Waals surface area contributed by atoms with Gasteiger partial charge in [0.2, 0.25) is 5.91 Å². The summed E-state index contributed by atoms with van der Waals surface area (Å²) in [6.07, 6.45) is 2.34. The van der Waals surface area contributed by atoms with E-state index in [0.717, 1.165) is 16.7 Å². The van der Waals surface area contributed by atoms with Crippen LogP contribution in [-0.2, 0) is 24.5 Å². The summed E-state index contributed by atoms with van der Waals surface area (Å²) in [5.74, 6) is -2.76. The van der Waals surface area contributed by atoms with Gasteiger partial charge in [-0.2, -0.15) is 5.26 Å². The van der Waals surface area contributed by atoms with Gasteiger partial charge in [0.15, 0.2) is 0 Å². The second kappa shape index (κ2) is 19.5. The number of imide groups is 3. The summed E-state index contributed by atoms with van der Waals surface area (Å²) in [7, 11) is 0.935. The summed E-state index contributed by atoms with van der Waals surface area (Å²) in [5.41, 5.74) is 0.841. The quantitative estimate of drug-likeness (QED) is 0.0593. The molecule has 0 saturated heterocycles. The van der Waals surface area contributed by atoms with Crippen LogP contribution in [0.1, 0.15) is 74.5 Å². The van der Waals surface area contributed by atoms with Crippen LogP contribution in [0.25, 0.3) is 0 Å². The molecule has 5 rings (SSSR count). The van der Waals surface area contributed by atoms with E-state index < -0.39 is 49.2 Å². The maximum Gasteiger partial charge on any atom is 0.267 e. The topological polar surface area (TPSA) is 139 Å². The first kappa shape index (κ1) is 43.9. The molecule has 1 aliphatic rings. The Balaban J connectivity index is 1.63. The molecule has 1 N–H and O–H groups in total. The SMILES string of the molecule is COc1ccc(C(OC[C@H](COP(O)N(C(C)C)C(C)(C)CCC#N)[C@H]2C=C(C)C(=O)N(C(=O)c3ccccc3)C2=O)(c2ccccc2)c2ccc(OC)cc2)cc1. The van der Waals surface area contributed by atoms with Crippen molar-refractivity contribution in [1.82, 2.24) is 9.57 Å². The molecule has 3 amide bonds. The zero-order valence-corrected chi connectivity index (χ0v) is 35.0. The standard InChI is InChI=1S/C46H52N3O8P/c1-32(2)49(45(4,5)27-14-28-47)58(53)57-31-35(41-29-33(3)42(50)48(44(41)52)43(51)34-15-10-8-11-16-34)30-56-46(36-17-12-9-13-18-36,37-19-23-39(54-6)24-20-37)38-21-25-40(55-7)26-22-38/h8-13,15-26,29,32,35,41,53H,14,27,30-31H2,1-7H3/t35-,41-,58?/m1/s1. The van der Waals surface area contributed by atoms with Crippen molar-refractivity contribution in [3.05, 3.63) is 143 Å². The van der Waals surface area contributed by atoms with Crippen LogP contribution in [0.3, 0.4) is 0 Å². The van der Waals surface area contributed by atoms with Crippen molar-refractivity contribution in [2.75, 3.05) is 27.4 Å². The van der Waals surface area contributed by atoms with E-state index in [1.807, 2.05) is 111 Å². The van der Waals surface area contributed by atoms with Crippen molar-refractivity contribution in [3.63, 3.8) is 0 Å². The first-order valence-electron chi connectivity index (χ1n) is 19.2. The minimum Gasteiger partial charge on any atom is -0.497 e. The third-order valence-corrected chi connectivity index (χ3v) is 12.2. The number of rotatable bonds is 18. The number of nitriles is 1. The lowest BCUT2D eigenvalue weighted by molar-refractivity contribution is -0.144. The lowest BCUT2D eigenvalue weighted by atomic mass is 9.79. The molecule has 12 heteroatoms. The van der Waals surface area contributed by atoms with Gasteiger partial charge in [0.25, 0.3) is 20.3 Å². The van der Waals surface area contributed by atoms with Crippen molar-refractivity contribution in [2.45, 2.75) is 64.6 Å². The van der Waals surface area contributed by atoms with Gasteiger partial charge in [0.05, 0.1) is 39.4 Å². The van der Waals surface area contributed by atoms with Crippen LogP contribution >= 0.6 is 8.53 Å². The van der Waals surface area contributed by atoms with Crippen molar-refractivity contribution >= 4 is 26.2 Å². The van der Waals surface area contributed by atoms with Crippen molar-refractivity contribution in [2.24, 2.45) is 11.8 Å². The fraction of sp³-hybridized carbons (Fsp3) is 0.348. The van der Waals surface area contributed by atoms with Crippen molar-refractivity contribution in [1.29, 1.82) is 5.26 Å². The normalized spacial score (nSPS) is 15.8. The van der Waals surface area contributed by atoms with Crippen molar-refractivity contribution in [3.8, 4) is 17.6 Å². The van der Waals surface area contributed by atoms with Crippen LogP contribution in [0.2, 0.25) is 0 Å². The van der Waals surface area contributed by atoms with E-state index in [1.54, 1.807) is 57.6 Å². The Morgan fingerprint density at radius 2 is 1.36 bits per heavy atom. The zero-order valence-electron chi connectivity index (χ0n) is 34.1. The number of hydrogen-bond acceptors (Lipinski definition) is 10. The molecule has 4 aromatic rings. The summed E-state index contributed by atoms with van der Waals surface area (Å²) < 4.78 is 26.5. The number of hydrogen-bond donors (Lipinski definition) is 1. The molecule has 11 nitrogen and oxygen atoms in total. The predicted molar refractivity (Wildman–Crippen MR) is 223 cm³/mol. The highest BCUT2D eigenvalue weighted by atomic mass is 31.2. The van der Waals surface area contributed by atoms with E-state index in [0.29, 0.717) is 22.8 Å². The van der Waals surface area contributed by atoms with E-state index >= 15 is 0 Å². The molecule has 1 unspecified atom stereocenters. The van der Waals surface area contributed by atoms with Gasteiger partial charge >= 0.3 is 0 Å². The fourth-order valence-corrected chi connectivity index (χ4v) is 8.88. The highest BCUT2D eigenvalue weighted by Gasteiger charge is 2.45. The van der Waals surface area contributed by atoms with Gasteiger partial charge in [-0.05, 0) is 94.1 Å². The third-order valence-electron chi connectivity index (χ3n) is 10.4. The van der Waals surface area contributed by atoms with E-state index in [2.05, 4.69) is 6.07 Å². The summed E-state index contributed by atoms with van der Waals surface area (Å²) in [6.45, 7) is 9.05. The highest BCUT2D eigenvalue weighted by Crippen LogP contribution is 2.47. The van der Waals surface area contributed by atoms with Crippen molar-refractivity contribution < 1.29 is 38.0 Å². The largest absolute Gasteiger partial charge is 0.497 e. The number of methoxy groups -OCH3 is 2. The van der Waals surface area contributed by atoms with E-state index in [4.69, 9.17) is 18.7 Å². The Kier molecular flexibility index (Phi) is 14.8. The van der Waals surface area contributed by atoms with Gasteiger partial charge in [-0.25, -0.2) is 9.57 Å². The van der Waals surface area contributed by atoms with Gasteiger partial charge in [-0.15, -0.1) is 0 Å². The first-order chi connectivity index (χ1) is 27.8. The Labute approximate surface area is 342 Å². The molecular weight excluding hydrogens is 753 g/mol. The summed E-state index contributed by atoms with van der Waals surface area (Å²) in [4.78, 5) is 54.5. The summed E-state index contributed by atoms with van der Waals surface area (Å²) in [5, 5.41) is 9.36. The molecule has 304 valence electrons. The average molecular weight is 806 g/mol. The second-order valence-corrected chi connectivity index (χ2v) is 16.3.